The fourth-order valence-corrected chi connectivity index (χ4v) is 1.54. The number of aliphatic hydroxyl groups is 1. The molecule has 0 radical (unpaired) electrons. The van der Waals surface area contributed by atoms with Crippen LogP contribution in [0.25, 0.3) is 0 Å². The summed E-state index contributed by atoms with van der Waals surface area (Å²) in [7, 11) is 0. The van der Waals surface area contributed by atoms with Crippen molar-refractivity contribution >= 4 is 0 Å². The van der Waals surface area contributed by atoms with Crippen LogP contribution in [-0.4, -0.2) is 16.4 Å². The Morgan fingerprint density at radius 2 is 2.00 bits per heavy atom. The Bertz CT molecular complexity index is 140. The Hall–Kier alpha value is -0.110. The molecule has 0 heterocycles. The van der Waals surface area contributed by atoms with Crippen molar-refractivity contribution in [3.05, 3.63) is 0 Å². The van der Waals surface area contributed by atoms with E-state index in [4.69, 9.17) is 0 Å². The van der Waals surface area contributed by atoms with E-state index >= 15 is 0 Å². The molecule has 1 fully saturated rings. The summed E-state index contributed by atoms with van der Waals surface area (Å²) in [5.74, 6) is -0.0116. The predicted octanol–water partition coefficient (Wildman–Crippen LogP) is 1.90. The van der Waals surface area contributed by atoms with Crippen molar-refractivity contribution in [2.24, 2.45) is 5.92 Å². The van der Waals surface area contributed by atoms with Gasteiger partial charge in [0.2, 0.25) is 0 Å². The lowest BCUT2D eigenvalue weighted by Crippen LogP contribution is -2.44. The van der Waals surface area contributed by atoms with E-state index in [9.17, 15) is 9.50 Å². The van der Waals surface area contributed by atoms with E-state index in [-0.39, 0.29) is 5.92 Å². The van der Waals surface area contributed by atoms with Crippen LogP contribution in [-0.2, 0) is 0 Å². The van der Waals surface area contributed by atoms with E-state index in [0.29, 0.717) is 6.42 Å². The van der Waals surface area contributed by atoms with E-state index in [1.54, 1.807) is 6.92 Å². The van der Waals surface area contributed by atoms with E-state index in [0.717, 1.165) is 6.42 Å². The zero-order chi connectivity index (χ0) is 7.99. The summed E-state index contributed by atoms with van der Waals surface area (Å²) in [4.78, 5) is 0. The van der Waals surface area contributed by atoms with Gasteiger partial charge in [-0.25, -0.2) is 4.39 Å². The van der Waals surface area contributed by atoms with Gasteiger partial charge in [-0.2, -0.15) is 0 Å². The van der Waals surface area contributed by atoms with Crippen molar-refractivity contribution in [1.29, 1.82) is 0 Å². The lowest BCUT2D eigenvalue weighted by atomic mass is 9.87. The van der Waals surface area contributed by atoms with E-state index in [1.807, 2.05) is 6.92 Å². The molecule has 1 N–H and O–H groups in total. The van der Waals surface area contributed by atoms with Crippen LogP contribution in [0.1, 0.15) is 33.6 Å². The van der Waals surface area contributed by atoms with E-state index in [1.165, 1.54) is 6.92 Å². The minimum absolute atomic E-state index is 0.0116. The average Bonchev–Trinajstić information content (AvgIpc) is 1.94. The first-order valence-corrected chi connectivity index (χ1v) is 3.79. The Labute approximate surface area is 61.2 Å². The van der Waals surface area contributed by atoms with Crippen LogP contribution in [0.15, 0.2) is 0 Å². The van der Waals surface area contributed by atoms with Crippen molar-refractivity contribution < 1.29 is 9.50 Å². The van der Waals surface area contributed by atoms with Gasteiger partial charge in [-0.05, 0) is 32.6 Å². The number of hydrogen-bond donors (Lipinski definition) is 1. The lowest BCUT2D eigenvalue weighted by Gasteiger charge is -2.31. The van der Waals surface area contributed by atoms with Gasteiger partial charge in [0.25, 0.3) is 0 Å². The molecule has 0 amide bonds. The maximum absolute atomic E-state index is 13.5. The van der Waals surface area contributed by atoms with Gasteiger partial charge < -0.3 is 5.11 Å². The quantitative estimate of drug-likeness (QED) is 0.553. The minimum atomic E-state index is -1.40. The zero-order valence-electron chi connectivity index (χ0n) is 6.82. The van der Waals surface area contributed by atoms with Crippen LogP contribution in [0.2, 0.25) is 0 Å². The summed E-state index contributed by atoms with van der Waals surface area (Å²) in [5, 5.41) is 9.52. The molecule has 0 saturated heterocycles. The van der Waals surface area contributed by atoms with Gasteiger partial charge in [0.05, 0.1) is 5.60 Å². The summed E-state index contributed by atoms with van der Waals surface area (Å²) < 4.78 is 13.5. The number of alkyl halides is 1. The summed E-state index contributed by atoms with van der Waals surface area (Å²) in [6.45, 7) is 4.92. The lowest BCUT2D eigenvalue weighted by molar-refractivity contribution is -0.0720. The second-order valence-corrected chi connectivity index (χ2v) is 3.79. The normalized spacial score (nSPS) is 55.5. The fraction of sp³-hybridized carbons (Fsp3) is 1.00. The third-order valence-corrected chi connectivity index (χ3v) is 3.04. The van der Waals surface area contributed by atoms with Gasteiger partial charge in [-0.15, -0.1) is 0 Å². The molecular formula is C8H15FO. The van der Waals surface area contributed by atoms with Gasteiger partial charge >= 0.3 is 0 Å². The Morgan fingerprint density at radius 1 is 1.50 bits per heavy atom. The number of rotatable bonds is 0. The highest BCUT2D eigenvalue weighted by molar-refractivity contribution is 5.03. The summed E-state index contributed by atoms with van der Waals surface area (Å²) in [5.41, 5.74) is -2.50. The van der Waals surface area contributed by atoms with Crippen molar-refractivity contribution in [2.75, 3.05) is 0 Å². The molecule has 1 rings (SSSR count). The zero-order valence-corrected chi connectivity index (χ0v) is 6.82. The summed E-state index contributed by atoms with van der Waals surface area (Å²) >= 11 is 0. The molecule has 0 unspecified atom stereocenters. The first kappa shape index (κ1) is 7.99. The van der Waals surface area contributed by atoms with Crippen LogP contribution in [0, 0.1) is 5.92 Å². The van der Waals surface area contributed by atoms with Crippen molar-refractivity contribution in [3.8, 4) is 0 Å². The maximum Gasteiger partial charge on any atom is 0.139 e. The number of hydrogen-bond acceptors (Lipinski definition) is 1. The topological polar surface area (TPSA) is 20.2 Å². The smallest absolute Gasteiger partial charge is 0.139 e. The standard InChI is InChI=1S/C8H15FO/c1-6-4-5-7(2,10)8(6,3)9/h6,10H,4-5H2,1-3H3/t6-,7-,8-/m1/s1. The molecule has 0 aromatic heterocycles. The highest BCUT2D eigenvalue weighted by atomic mass is 19.1. The fourth-order valence-electron chi connectivity index (χ4n) is 1.54. The molecule has 2 heteroatoms. The largest absolute Gasteiger partial charge is 0.387 e. The molecule has 1 aliphatic rings. The van der Waals surface area contributed by atoms with Crippen LogP contribution in [0.3, 0.4) is 0 Å². The second kappa shape index (κ2) is 1.94. The highest BCUT2D eigenvalue weighted by Gasteiger charge is 2.52. The molecule has 1 aliphatic carbocycles. The molecule has 10 heavy (non-hydrogen) atoms. The van der Waals surface area contributed by atoms with E-state index in [2.05, 4.69) is 0 Å². The van der Waals surface area contributed by atoms with Crippen LogP contribution < -0.4 is 0 Å². The molecule has 0 aromatic carbocycles. The molecule has 1 nitrogen and oxygen atoms in total. The second-order valence-electron chi connectivity index (χ2n) is 3.79. The summed E-state index contributed by atoms with van der Waals surface area (Å²) in [6.07, 6.45) is 1.38. The van der Waals surface area contributed by atoms with Crippen LogP contribution >= 0.6 is 0 Å². The first-order valence-electron chi connectivity index (χ1n) is 3.79. The first-order chi connectivity index (χ1) is 4.38. The molecule has 3 atom stereocenters. The van der Waals surface area contributed by atoms with Crippen molar-refractivity contribution in [3.63, 3.8) is 0 Å². The predicted molar refractivity (Wildman–Crippen MR) is 38.5 cm³/mol. The molecule has 1 saturated carbocycles. The molecule has 0 aliphatic heterocycles. The Balaban J connectivity index is 2.84. The monoisotopic (exact) mass is 146 g/mol. The Morgan fingerprint density at radius 3 is 2.10 bits per heavy atom. The molecule has 0 spiro atoms. The molecular weight excluding hydrogens is 131 g/mol. The summed E-state index contributed by atoms with van der Waals surface area (Å²) in [6, 6.07) is 0. The highest BCUT2D eigenvalue weighted by Crippen LogP contribution is 2.45. The molecule has 60 valence electrons. The Kier molecular flexibility index (Phi) is 1.55. The SMILES string of the molecule is C[C@@H]1CC[C@@](C)(O)[C@]1(C)F. The maximum atomic E-state index is 13.5. The average molecular weight is 146 g/mol. The molecule has 0 bridgehead atoms. The number of halogens is 1. The van der Waals surface area contributed by atoms with Gasteiger partial charge in [0, 0.05) is 0 Å². The third-order valence-electron chi connectivity index (χ3n) is 3.04. The third kappa shape index (κ3) is 0.858. The minimum Gasteiger partial charge on any atom is -0.387 e. The van der Waals surface area contributed by atoms with Crippen LogP contribution in [0.5, 0.6) is 0 Å². The van der Waals surface area contributed by atoms with Crippen LogP contribution in [0.4, 0.5) is 4.39 Å². The molecule has 0 aromatic rings. The van der Waals surface area contributed by atoms with Gasteiger partial charge in [0.15, 0.2) is 0 Å². The van der Waals surface area contributed by atoms with E-state index < -0.39 is 11.3 Å². The van der Waals surface area contributed by atoms with Crippen molar-refractivity contribution in [2.45, 2.75) is 44.9 Å². The van der Waals surface area contributed by atoms with Gasteiger partial charge in [-0.3, -0.25) is 0 Å². The van der Waals surface area contributed by atoms with Crippen molar-refractivity contribution in [1.82, 2.24) is 0 Å². The van der Waals surface area contributed by atoms with Gasteiger partial charge in [-0.1, -0.05) is 6.92 Å². The van der Waals surface area contributed by atoms with Gasteiger partial charge in [0.1, 0.15) is 5.67 Å².